The molecule has 1 aromatic carbocycles. The molecule has 0 radical (unpaired) electrons. The maximum atomic E-state index is 13.8. The van der Waals surface area contributed by atoms with Gasteiger partial charge in [-0.05, 0) is 42.1 Å². The number of nitrogens with zero attached hydrogens (tertiary/aromatic N) is 1. The predicted octanol–water partition coefficient (Wildman–Crippen LogP) is 4.45. The second kappa shape index (κ2) is 7.70. The molecule has 3 amide bonds. The van der Waals surface area contributed by atoms with Gasteiger partial charge in [0.1, 0.15) is 11.5 Å². The van der Waals surface area contributed by atoms with Crippen LogP contribution in [0.5, 0.6) is 0 Å². The number of benzene rings is 1. The lowest BCUT2D eigenvalue weighted by atomic mass is 10.3. The molecule has 2 N–H and O–H groups in total. The molecule has 2 aromatic rings. The van der Waals surface area contributed by atoms with Gasteiger partial charge in [0.15, 0.2) is 0 Å². The topological polar surface area (TPSA) is 71.1 Å². The van der Waals surface area contributed by atoms with E-state index in [1.807, 2.05) is 10.6 Å². The Morgan fingerprint density at radius 3 is 2.52 bits per heavy atom. The summed E-state index contributed by atoms with van der Waals surface area (Å²) in [4.78, 5) is 26.8. The molecule has 0 spiro atoms. The van der Waals surface area contributed by atoms with Gasteiger partial charge < -0.3 is 5.32 Å². The van der Waals surface area contributed by atoms with Crippen LogP contribution in [0.3, 0.4) is 0 Å². The van der Waals surface area contributed by atoms with Crippen LogP contribution in [0, 0.1) is 5.82 Å². The molecule has 0 aliphatic heterocycles. The summed E-state index contributed by atoms with van der Waals surface area (Å²) >= 11 is 5.26. The maximum absolute atomic E-state index is 13.8. The first kappa shape index (κ1) is 19.0. The first-order chi connectivity index (χ1) is 11.7. The Morgan fingerprint density at radius 1 is 1.20 bits per heavy atom. The Kier molecular flexibility index (Phi) is 5.85. The molecular weight excluding hydrogens is 386 g/mol. The summed E-state index contributed by atoms with van der Waals surface area (Å²) in [6.45, 7) is 0. The molecule has 0 saturated heterocycles. The van der Waals surface area contributed by atoms with Gasteiger partial charge in [0.2, 0.25) is 0 Å². The third-order valence-electron chi connectivity index (χ3n) is 2.62. The highest BCUT2D eigenvalue weighted by atomic mass is 35.5. The number of hydrogen-bond acceptors (Lipinski definition) is 4. The smallest absolute Gasteiger partial charge is 0.305 e. The van der Waals surface area contributed by atoms with Gasteiger partial charge in [0.25, 0.3) is 5.91 Å². The summed E-state index contributed by atoms with van der Waals surface area (Å²) in [6.07, 6.45) is 1.29. The van der Waals surface area contributed by atoms with Crippen LogP contribution in [0.15, 0.2) is 41.4 Å². The highest BCUT2D eigenvalue weighted by Gasteiger charge is 2.29. The minimum atomic E-state index is -4.56. The van der Waals surface area contributed by atoms with E-state index in [1.165, 1.54) is 18.3 Å². The summed E-state index contributed by atoms with van der Waals surface area (Å²) in [7, 11) is 0. The van der Waals surface area contributed by atoms with Crippen LogP contribution in [0.4, 0.5) is 28.0 Å². The molecule has 0 bridgehead atoms. The molecule has 5 nitrogen and oxygen atoms in total. The second-order valence-electron chi connectivity index (χ2n) is 4.43. The zero-order valence-corrected chi connectivity index (χ0v) is 13.6. The zero-order chi connectivity index (χ0) is 18.6. The number of anilines is 1. The number of aromatic nitrogens is 1. The Labute approximate surface area is 147 Å². The Hall–Kier alpha value is -2.33. The normalized spacial score (nSPS) is 11.1. The summed E-state index contributed by atoms with van der Waals surface area (Å²) in [5.41, 5.74) is -5.17. The molecule has 2 rings (SSSR count). The summed E-state index contributed by atoms with van der Waals surface area (Å²) in [6, 6.07) is 4.32. The van der Waals surface area contributed by atoms with E-state index in [2.05, 4.69) is 4.98 Å². The number of halogens is 5. The van der Waals surface area contributed by atoms with E-state index in [4.69, 9.17) is 11.6 Å². The van der Waals surface area contributed by atoms with Gasteiger partial charge in [-0.3, -0.25) is 10.1 Å². The summed E-state index contributed by atoms with van der Waals surface area (Å²) in [5.74, 6) is -2.01. The molecule has 132 valence electrons. The number of carbonyl (C=O) groups excluding carboxylic acids is 2. The first-order valence-corrected chi connectivity index (χ1v) is 7.63. The van der Waals surface area contributed by atoms with Crippen molar-refractivity contribution in [2.45, 2.75) is 10.4 Å². The van der Waals surface area contributed by atoms with Crippen molar-refractivity contribution in [1.82, 2.24) is 10.3 Å². The van der Waals surface area contributed by atoms with E-state index in [9.17, 15) is 27.2 Å². The molecule has 1 aromatic heterocycles. The van der Waals surface area contributed by atoms with Crippen molar-refractivity contribution < 1.29 is 27.2 Å². The minimum Gasteiger partial charge on any atom is -0.305 e. The number of amides is 3. The first-order valence-electron chi connectivity index (χ1n) is 6.44. The van der Waals surface area contributed by atoms with Crippen LogP contribution < -0.4 is 10.6 Å². The lowest BCUT2D eigenvalue weighted by Gasteiger charge is -2.10. The van der Waals surface area contributed by atoms with E-state index in [-0.39, 0.29) is 15.6 Å². The van der Waals surface area contributed by atoms with Crippen molar-refractivity contribution in [3.05, 3.63) is 53.1 Å². The third kappa shape index (κ3) is 5.61. The number of pyridine rings is 1. The zero-order valence-electron chi connectivity index (χ0n) is 12.0. The Bertz CT molecular complexity index is 817. The number of rotatable bonds is 3. The number of carbonyl (C=O) groups is 2. The standard InChI is InChI=1S/C14H8ClF4N3O2S/c15-8-2-1-5-20-11(8)12(23)22-13(24)21-10-4-3-7(6-9(10)16)25-14(17,18)19/h1-6H,(H2,21,22,23,24). The number of nitrogens with one attached hydrogen (secondary N) is 2. The van der Waals surface area contributed by atoms with Gasteiger partial charge in [0, 0.05) is 11.1 Å². The van der Waals surface area contributed by atoms with Crippen molar-refractivity contribution in [2.24, 2.45) is 0 Å². The van der Waals surface area contributed by atoms with Gasteiger partial charge in [0.05, 0.1) is 10.7 Å². The van der Waals surface area contributed by atoms with Gasteiger partial charge in [-0.2, -0.15) is 13.2 Å². The molecular formula is C14H8ClF4N3O2S. The lowest BCUT2D eigenvalue weighted by Crippen LogP contribution is -2.35. The molecule has 25 heavy (non-hydrogen) atoms. The van der Waals surface area contributed by atoms with Gasteiger partial charge >= 0.3 is 11.5 Å². The molecule has 1 heterocycles. The van der Waals surface area contributed by atoms with Crippen LogP contribution >= 0.6 is 23.4 Å². The van der Waals surface area contributed by atoms with Crippen molar-refractivity contribution in [3.63, 3.8) is 0 Å². The highest BCUT2D eigenvalue weighted by Crippen LogP contribution is 2.37. The van der Waals surface area contributed by atoms with Gasteiger partial charge in [-0.15, -0.1) is 0 Å². The van der Waals surface area contributed by atoms with E-state index in [1.54, 1.807) is 0 Å². The third-order valence-corrected chi connectivity index (χ3v) is 3.65. The Balaban J connectivity index is 2.03. The molecule has 11 heteroatoms. The monoisotopic (exact) mass is 393 g/mol. The van der Waals surface area contributed by atoms with E-state index < -0.39 is 40.7 Å². The molecule has 0 fully saturated rings. The molecule has 0 atom stereocenters. The quantitative estimate of drug-likeness (QED) is 0.597. The van der Waals surface area contributed by atoms with Crippen molar-refractivity contribution >= 4 is 41.0 Å². The van der Waals surface area contributed by atoms with Crippen LogP contribution in [-0.2, 0) is 0 Å². The fraction of sp³-hybridized carbons (Fsp3) is 0.0714. The van der Waals surface area contributed by atoms with Crippen molar-refractivity contribution in [1.29, 1.82) is 0 Å². The second-order valence-corrected chi connectivity index (χ2v) is 5.98. The van der Waals surface area contributed by atoms with Crippen LogP contribution in [0.2, 0.25) is 5.02 Å². The fourth-order valence-electron chi connectivity index (χ4n) is 1.66. The molecule has 0 saturated carbocycles. The number of urea groups is 1. The molecule has 0 unspecified atom stereocenters. The average Bonchev–Trinajstić information content (AvgIpc) is 2.48. The number of alkyl halides is 3. The lowest BCUT2D eigenvalue weighted by molar-refractivity contribution is -0.0328. The predicted molar refractivity (Wildman–Crippen MR) is 84.0 cm³/mol. The SMILES string of the molecule is O=C(NC(=O)c1ncccc1Cl)Nc1ccc(SC(F)(F)F)cc1F. The number of thioether (sulfide) groups is 1. The largest absolute Gasteiger partial charge is 0.446 e. The number of hydrogen-bond donors (Lipinski definition) is 2. The molecule has 0 aliphatic rings. The summed E-state index contributed by atoms with van der Waals surface area (Å²) < 4.78 is 50.5. The van der Waals surface area contributed by atoms with E-state index in [0.29, 0.717) is 6.07 Å². The average molecular weight is 394 g/mol. The Morgan fingerprint density at radius 2 is 1.92 bits per heavy atom. The van der Waals surface area contributed by atoms with Crippen molar-refractivity contribution in [3.8, 4) is 0 Å². The van der Waals surface area contributed by atoms with Crippen LogP contribution in [0.25, 0.3) is 0 Å². The van der Waals surface area contributed by atoms with Gasteiger partial charge in [-0.25, -0.2) is 14.2 Å². The highest BCUT2D eigenvalue weighted by molar-refractivity contribution is 8.00. The summed E-state index contributed by atoms with van der Waals surface area (Å²) in [5, 5.41) is 3.90. The van der Waals surface area contributed by atoms with Crippen molar-refractivity contribution in [2.75, 3.05) is 5.32 Å². The number of imide groups is 1. The fourth-order valence-corrected chi connectivity index (χ4v) is 2.44. The van der Waals surface area contributed by atoms with E-state index >= 15 is 0 Å². The molecule has 0 aliphatic carbocycles. The minimum absolute atomic E-state index is 0.00695. The van der Waals surface area contributed by atoms with Gasteiger partial charge in [-0.1, -0.05) is 11.6 Å². The van der Waals surface area contributed by atoms with Crippen LogP contribution in [0.1, 0.15) is 10.5 Å². The van der Waals surface area contributed by atoms with Crippen LogP contribution in [-0.4, -0.2) is 22.4 Å². The van der Waals surface area contributed by atoms with E-state index in [0.717, 1.165) is 12.1 Å². The maximum Gasteiger partial charge on any atom is 0.446 e.